The summed E-state index contributed by atoms with van der Waals surface area (Å²) in [6.07, 6.45) is 2.16. The Labute approximate surface area is 82.1 Å². The molecule has 4 heteroatoms. The van der Waals surface area contributed by atoms with Crippen molar-refractivity contribution in [2.75, 3.05) is 13.2 Å². The summed E-state index contributed by atoms with van der Waals surface area (Å²) in [5.41, 5.74) is 6.72. The molecule has 76 valence electrons. The van der Waals surface area contributed by atoms with Crippen molar-refractivity contribution in [3.8, 4) is 0 Å². The summed E-state index contributed by atoms with van der Waals surface area (Å²) in [4.78, 5) is 3.97. The van der Waals surface area contributed by atoms with Crippen molar-refractivity contribution in [1.29, 1.82) is 0 Å². The minimum atomic E-state index is -0.330. The quantitative estimate of drug-likeness (QED) is 0.774. The molecule has 2 N–H and O–H groups in total. The average molecular weight is 196 g/mol. The van der Waals surface area contributed by atoms with Crippen LogP contribution >= 0.6 is 0 Å². The molecule has 2 unspecified atom stereocenters. The first-order chi connectivity index (χ1) is 6.77. The van der Waals surface area contributed by atoms with Crippen LogP contribution in [-0.2, 0) is 4.74 Å². The molecule has 3 nitrogen and oxygen atoms in total. The fourth-order valence-corrected chi connectivity index (χ4v) is 1.66. The van der Waals surface area contributed by atoms with Gasteiger partial charge in [-0.1, -0.05) is 0 Å². The van der Waals surface area contributed by atoms with Gasteiger partial charge in [-0.2, -0.15) is 0 Å². The van der Waals surface area contributed by atoms with Crippen LogP contribution in [0.15, 0.2) is 18.3 Å². The summed E-state index contributed by atoms with van der Waals surface area (Å²) in [6.45, 7) is 1.44. The minimum absolute atomic E-state index is 0.141. The fraction of sp³-hybridized carbons (Fsp3) is 0.500. The number of halogens is 1. The van der Waals surface area contributed by atoms with Gasteiger partial charge in [-0.25, -0.2) is 4.39 Å². The first kappa shape index (κ1) is 9.55. The zero-order valence-electron chi connectivity index (χ0n) is 7.82. The highest BCUT2D eigenvalue weighted by atomic mass is 19.1. The predicted molar refractivity (Wildman–Crippen MR) is 50.0 cm³/mol. The maximum Gasteiger partial charge on any atom is 0.141 e. The third kappa shape index (κ3) is 1.91. The van der Waals surface area contributed by atoms with E-state index >= 15 is 0 Å². The van der Waals surface area contributed by atoms with Crippen LogP contribution in [0.1, 0.15) is 18.2 Å². The first-order valence-electron chi connectivity index (χ1n) is 4.72. The molecule has 1 saturated heterocycles. The Morgan fingerprint density at radius 1 is 1.57 bits per heavy atom. The van der Waals surface area contributed by atoms with Gasteiger partial charge in [-0.3, -0.25) is 4.98 Å². The number of hydrogen-bond donors (Lipinski definition) is 1. The summed E-state index contributed by atoms with van der Waals surface area (Å²) in [6, 6.07) is 2.88. The van der Waals surface area contributed by atoms with E-state index < -0.39 is 0 Å². The van der Waals surface area contributed by atoms with E-state index in [1.807, 2.05) is 0 Å². The Morgan fingerprint density at radius 3 is 3.00 bits per heavy atom. The average Bonchev–Trinajstić information content (AvgIpc) is 2.71. The van der Waals surface area contributed by atoms with Gasteiger partial charge in [-0.05, 0) is 18.6 Å². The molecule has 1 aromatic rings. The third-order valence-electron chi connectivity index (χ3n) is 2.56. The molecule has 2 atom stereocenters. The summed E-state index contributed by atoms with van der Waals surface area (Å²) in [5, 5.41) is 0. The monoisotopic (exact) mass is 196 g/mol. The number of nitrogens with zero attached hydrogens (tertiary/aromatic N) is 1. The highest BCUT2D eigenvalue weighted by Gasteiger charge is 2.24. The van der Waals surface area contributed by atoms with E-state index in [0.717, 1.165) is 18.7 Å². The van der Waals surface area contributed by atoms with Crippen LogP contribution in [-0.4, -0.2) is 18.2 Å². The van der Waals surface area contributed by atoms with Crippen LogP contribution in [0, 0.1) is 11.7 Å². The van der Waals surface area contributed by atoms with Crippen molar-refractivity contribution in [1.82, 2.24) is 4.98 Å². The molecule has 0 aromatic carbocycles. The zero-order valence-corrected chi connectivity index (χ0v) is 7.82. The number of pyridine rings is 1. The van der Waals surface area contributed by atoms with Gasteiger partial charge in [0, 0.05) is 12.5 Å². The second-order valence-corrected chi connectivity index (χ2v) is 3.55. The number of hydrogen-bond acceptors (Lipinski definition) is 3. The lowest BCUT2D eigenvalue weighted by Crippen LogP contribution is -2.22. The summed E-state index contributed by atoms with van der Waals surface area (Å²) in [5.74, 6) is -0.0171. The molecular formula is C10H13FN2O. The molecule has 1 aromatic heterocycles. The smallest absolute Gasteiger partial charge is 0.141 e. The zero-order chi connectivity index (χ0) is 9.97. The Hall–Kier alpha value is -1.00. The molecule has 2 heterocycles. The van der Waals surface area contributed by atoms with Gasteiger partial charge in [0.2, 0.25) is 0 Å². The number of ether oxygens (including phenoxy) is 1. The Balaban J connectivity index is 2.09. The SMILES string of the molecule is NC(c1ccc(F)cn1)C1CCOC1. The van der Waals surface area contributed by atoms with Crippen LogP contribution in [0.2, 0.25) is 0 Å². The number of rotatable bonds is 2. The lowest BCUT2D eigenvalue weighted by atomic mass is 9.97. The molecule has 1 fully saturated rings. The van der Waals surface area contributed by atoms with E-state index in [1.54, 1.807) is 6.07 Å². The van der Waals surface area contributed by atoms with Crippen molar-refractivity contribution in [3.63, 3.8) is 0 Å². The molecular weight excluding hydrogens is 183 g/mol. The van der Waals surface area contributed by atoms with Crippen molar-refractivity contribution in [3.05, 3.63) is 29.8 Å². The predicted octanol–water partition coefficient (Wildman–Crippen LogP) is 1.26. The molecule has 0 amide bonds. The van der Waals surface area contributed by atoms with E-state index in [9.17, 15) is 4.39 Å². The number of aromatic nitrogens is 1. The van der Waals surface area contributed by atoms with E-state index in [2.05, 4.69) is 4.98 Å². The molecule has 1 aliphatic rings. The van der Waals surface area contributed by atoms with Crippen LogP contribution in [0.4, 0.5) is 4.39 Å². The second-order valence-electron chi connectivity index (χ2n) is 3.55. The molecule has 14 heavy (non-hydrogen) atoms. The summed E-state index contributed by atoms with van der Waals surface area (Å²) >= 11 is 0. The molecule has 0 bridgehead atoms. The van der Waals surface area contributed by atoms with Crippen LogP contribution in [0.5, 0.6) is 0 Å². The summed E-state index contributed by atoms with van der Waals surface area (Å²) in [7, 11) is 0. The normalized spacial score (nSPS) is 23.7. The van der Waals surface area contributed by atoms with Gasteiger partial charge >= 0.3 is 0 Å². The van der Waals surface area contributed by atoms with Crippen molar-refractivity contribution >= 4 is 0 Å². The van der Waals surface area contributed by atoms with E-state index in [4.69, 9.17) is 10.5 Å². The van der Waals surface area contributed by atoms with Crippen LogP contribution < -0.4 is 5.73 Å². The molecule has 2 rings (SSSR count). The van der Waals surface area contributed by atoms with Gasteiger partial charge in [0.05, 0.1) is 24.5 Å². The Bertz CT molecular complexity index is 295. The molecule has 0 spiro atoms. The molecule has 0 aliphatic carbocycles. The summed E-state index contributed by atoms with van der Waals surface area (Å²) < 4.78 is 17.8. The minimum Gasteiger partial charge on any atom is -0.381 e. The first-order valence-corrected chi connectivity index (χ1v) is 4.72. The topological polar surface area (TPSA) is 48.1 Å². The highest BCUT2D eigenvalue weighted by molar-refractivity contribution is 5.10. The second kappa shape index (κ2) is 4.02. The Kier molecular flexibility index (Phi) is 2.74. The number of nitrogens with two attached hydrogens (primary N) is 1. The molecule has 0 saturated carbocycles. The lowest BCUT2D eigenvalue weighted by molar-refractivity contribution is 0.180. The largest absolute Gasteiger partial charge is 0.381 e. The van der Waals surface area contributed by atoms with Gasteiger partial charge < -0.3 is 10.5 Å². The third-order valence-corrected chi connectivity index (χ3v) is 2.56. The highest BCUT2D eigenvalue weighted by Crippen LogP contribution is 2.25. The van der Waals surface area contributed by atoms with Crippen LogP contribution in [0.25, 0.3) is 0 Å². The lowest BCUT2D eigenvalue weighted by Gasteiger charge is -2.16. The van der Waals surface area contributed by atoms with Crippen molar-refractivity contribution < 1.29 is 9.13 Å². The van der Waals surface area contributed by atoms with Gasteiger partial charge in [0.15, 0.2) is 0 Å². The van der Waals surface area contributed by atoms with Crippen LogP contribution in [0.3, 0.4) is 0 Å². The van der Waals surface area contributed by atoms with Crippen molar-refractivity contribution in [2.45, 2.75) is 12.5 Å². The Morgan fingerprint density at radius 2 is 2.43 bits per heavy atom. The maximum atomic E-state index is 12.6. The fourth-order valence-electron chi connectivity index (χ4n) is 1.66. The van der Waals surface area contributed by atoms with Gasteiger partial charge in [0.25, 0.3) is 0 Å². The van der Waals surface area contributed by atoms with E-state index in [1.165, 1.54) is 12.3 Å². The van der Waals surface area contributed by atoms with Gasteiger partial charge in [0.1, 0.15) is 5.82 Å². The maximum absolute atomic E-state index is 12.6. The molecule has 0 radical (unpaired) electrons. The molecule has 1 aliphatic heterocycles. The standard InChI is InChI=1S/C10H13FN2O/c11-8-1-2-9(13-5-8)10(12)7-3-4-14-6-7/h1-2,5,7,10H,3-4,6,12H2. The van der Waals surface area contributed by atoms with Gasteiger partial charge in [-0.15, -0.1) is 0 Å². The van der Waals surface area contributed by atoms with E-state index in [-0.39, 0.29) is 11.9 Å². The van der Waals surface area contributed by atoms with Crippen molar-refractivity contribution in [2.24, 2.45) is 11.7 Å². The van der Waals surface area contributed by atoms with E-state index in [0.29, 0.717) is 12.5 Å².